The number of hydrogen-bond donors (Lipinski definition) is 1. The first-order valence-corrected chi connectivity index (χ1v) is 5.85. The Morgan fingerprint density at radius 1 is 1.50 bits per heavy atom. The minimum atomic E-state index is -0.134. The maximum Gasteiger partial charge on any atom is 0.253 e. The lowest BCUT2D eigenvalue weighted by atomic mass is 10.2. The number of phenols is 1. The second kappa shape index (κ2) is 5.97. The predicted octanol–water partition coefficient (Wildman–Crippen LogP) is 2.75. The highest BCUT2D eigenvalue weighted by atomic mass is 35.5. The maximum atomic E-state index is 12.0. The largest absolute Gasteiger partial charge is 0.506 e. The highest BCUT2D eigenvalue weighted by Crippen LogP contribution is 2.24. The summed E-state index contributed by atoms with van der Waals surface area (Å²) in [5.41, 5.74) is 0.453. The van der Waals surface area contributed by atoms with E-state index in [1.807, 2.05) is 6.92 Å². The van der Waals surface area contributed by atoms with E-state index < -0.39 is 0 Å². The van der Waals surface area contributed by atoms with Gasteiger partial charge in [0, 0.05) is 24.5 Å². The molecule has 0 aliphatic rings. The molecule has 0 radical (unpaired) electrons. The fraction of sp³-hybridized carbons (Fsp3) is 0.364. The molecule has 0 saturated carbocycles. The number of nitrogens with zero attached hydrogens (tertiary/aromatic N) is 1. The van der Waals surface area contributed by atoms with Crippen molar-refractivity contribution >= 4 is 29.1 Å². The number of hydrogen-bond acceptors (Lipinski definition) is 2. The van der Waals surface area contributed by atoms with E-state index in [0.29, 0.717) is 24.5 Å². The lowest BCUT2D eigenvalue weighted by Crippen LogP contribution is -2.32. The van der Waals surface area contributed by atoms with E-state index in [1.54, 1.807) is 11.0 Å². The van der Waals surface area contributed by atoms with E-state index in [4.69, 9.17) is 23.2 Å². The Hall–Kier alpha value is -0.930. The molecule has 0 unspecified atom stereocenters. The van der Waals surface area contributed by atoms with Crippen molar-refractivity contribution in [2.24, 2.45) is 0 Å². The van der Waals surface area contributed by atoms with Crippen LogP contribution in [0.2, 0.25) is 5.02 Å². The van der Waals surface area contributed by atoms with Gasteiger partial charge >= 0.3 is 0 Å². The minimum absolute atomic E-state index is 0.0291. The highest BCUT2D eigenvalue weighted by molar-refractivity contribution is 6.32. The van der Waals surface area contributed by atoms with Gasteiger partial charge in [0.1, 0.15) is 5.75 Å². The summed E-state index contributed by atoms with van der Waals surface area (Å²) in [5, 5.41) is 9.42. The predicted molar refractivity (Wildman–Crippen MR) is 65.4 cm³/mol. The highest BCUT2D eigenvalue weighted by Gasteiger charge is 2.14. The number of carbonyl (C=O) groups is 1. The molecule has 88 valence electrons. The molecule has 0 fully saturated rings. The molecule has 1 aromatic carbocycles. The average Bonchev–Trinajstić information content (AvgIpc) is 2.28. The summed E-state index contributed by atoms with van der Waals surface area (Å²) in [7, 11) is 0. The summed E-state index contributed by atoms with van der Waals surface area (Å²) in [6.45, 7) is 2.96. The Morgan fingerprint density at radius 3 is 2.69 bits per heavy atom. The van der Waals surface area contributed by atoms with Crippen LogP contribution in [0, 0.1) is 0 Å². The van der Waals surface area contributed by atoms with Gasteiger partial charge in [0.05, 0.1) is 5.02 Å². The molecule has 0 aromatic heterocycles. The summed E-state index contributed by atoms with van der Waals surface area (Å²) in [6.07, 6.45) is 0. The van der Waals surface area contributed by atoms with Crippen LogP contribution in [0.25, 0.3) is 0 Å². The molecule has 0 bridgehead atoms. The number of aromatic hydroxyl groups is 1. The van der Waals surface area contributed by atoms with Crippen LogP contribution in [0.4, 0.5) is 0 Å². The molecule has 1 N–H and O–H groups in total. The number of amides is 1. The molecule has 0 saturated heterocycles. The van der Waals surface area contributed by atoms with Crippen LogP contribution in [0.15, 0.2) is 18.2 Å². The molecule has 1 rings (SSSR count). The molecule has 0 spiro atoms. The number of phenolic OH excluding ortho intramolecular Hbond substituents is 1. The SMILES string of the molecule is CCN(CCCl)C(=O)c1ccc(O)c(Cl)c1. The van der Waals surface area contributed by atoms with Crippen molar-refractivity contribution in [1.29, 1.82) is 0 Å². The first kappa shape index (κ1) is 13.1. The maximum absolute atomic E-state index is 12.0. The Labute approximate surface area is 105 Å². The van der Waals surface area contributed by atoms with Gasteiger partial charge in [-0.15, -0.1) is 11.6 Å². The number of benzene rings is 1. The summed E-state index contributed by atoms with van der Waals surface area (Å²) < 4.78 is 0. The smallest absolute Gasteiger partial charge is 0.253 e. The molecule has 0 aliphatic heterocycles. The van der Waals surface area contributed by atoms with Crippen molar-refractivity contribution < 1.29 is 9.90 Å². The third-order valence-electron chi connectivity index (χ3n) is 2.22. The standard InChI is InChI=1S/C11H13Cl2NO2/c1-2-14(6-5-12)11(16)8-3-4-10(15)9(13)7-8/h3-4,7,15H,2,5-6H2,1H3. The van der Waals surface area contributed by atoms with Crippen LogP contribution in [-0.2, 0) is 0 Å². The van der Waals surface area contributed by atoms with Crippen LogP contribution < -0.4 is 0 Å². The van der Waals surface area contributed by atoms with E-state index in [1.165, 1.54) is 12.1 Å². The van der Waals surface area contributed by atoms with Crippen molar-refractivity contribution in [2.75, 3.05) is 19.0 Å². The van der Waals surface area contributed by atoms with Gasteiger partial charge in [-0.05, 0) is 25.1 Å². The molecule has 0 aliphatic carbocycles. The molecule has 3 nitrogen and oxygen atoms in total. The summed E-state index contributed by atoms with van der Waals surface area (Å²) in [5.74, 6) is 0.231. The number of carbonyl (C=O) groups excluding carboxylic acids is 1. The van der Waals surface area contributed by atoms with E-state index in [9.17, 15) is 9.90 Å². The van der Waals surface area contributed by atoms with Gasteiger partial charge in [-0.25, -0.2) is 0 Å². The second-order valence-corrected chi connectivity index (χ2v) is 4.03. The summed E-state index contributed by atoms with van der Waals surface area (Å²) in [4.78, 5) is 13.6. The first-order valence-electron chi connectivity index (χ1n) is 4.94. The van der Waals surface area contributed by atoms with Gasteiger partial charge in [0.25, 0.3) is 5.91 Å². The van der Waals surface area contributed by atoms with E-state index in [-0.39, 0.29) is 16.7 Å². The van der Waals surface area contributed by atoms with E-state index in [2.05, 4.69) is 0 Å². The average molecular weight is 262 g/mol. The third kappa shape index (κ3) is 3.03. The number of alkyl halides is 1. The van der Waals surface area contributed by atoms with E-state index >= 15 is 0 Å². The molecular weight excluding hydrogens is 249 g/mol. The van der Waals surface area contributed by atoms with Gasteiger partial charge in [-0.3, -0.25) is 4.79 Å². The van der Waals surface area contributed by atoms with Gasteiger partial charge < -0.3 is 10.0 Å². The first-order chi connectivity index (χ1) is 7.60. The molecule has 1 amide bonds. The minimum Gasteiger partial charge on any atom is -0.506 e. The Bertz CT molecular complexity index is 382. The molecule has 1 aromatic rings. The second-order valence-electron chi connectivity index (χ2n) is 3.24. The van der Waals surface area contributed by atoms with Crippen molar-refractivity contribution in [3.05, 3.63) is 28.8 Å². The molecule has 16 heavy (non-hydrogen) atoms. The Kier molecular flexibility index (Phi) is 4.90. The zero-order valence-corrected chi connectivity index (χ0v) is 10.4. The van der Waals surface area contributed by atoms with Crippen LogP contribution in [0.3, 0.4) is 0 Å². The summed E-state index contributed by atoms with van der Waals surface area (Å²) in [6, 6.07) is 4.40. The van der Waals surface area contributed by atoms with Crippen molar-refractivity contribution in [3.8, 4) is 5.75 Å². The molecular formula is C11H13Cl2NO2. The monoisotopic (exact) mass is 261 g/mol. The fourth-order valence-electron chi connectivity index (χ4n) is 1.33. The Balaban J connectivity index is 2.90. The topological polar surface area (TPSA) is 40.5 Å². The van der Waals surface area contributed by atoms with Crippen molar-refractivity contribution in [2.45, 2.75) is 6.92 Å². The van der Waals surface area contributed by atoms with Gasteiger partial charge in [-0.2, -0.15) is 0 Å². The number of rotatable bonds is 4. The van der Waals surface area contributed by atoms with Gasteiger partial charge in [-0.1, -0.05) is 11.6 Å². The van der Waals surface area contributed by atoms with Gasteiger partial charge in [0.2, 0.25) is 0 Å². The Morgan fingerprint density at radius 2 is 2.19 bits per heavy atom. The normalized spacial score (nSPS) is 10.2. The number of halogens is 2. The van der Waals surface area contributed by atoms with Crippen molar-refractivity contribution in [3.63, 3.8) is 0 Å². The lowest BCUT2D eigenvalue weighted by molar-refractivity contribution is 0.0774. The van der Waals surface area contributed by atoms with Crippen LogP contribution >= 0.6 is 23.2 Å². The van der Waals surface area contributed by atoms with Crippen molar-refractivity contribution in [1.82, 2.24) is 4.90 Å². The van der Waals surface area contributed by atoms with Gasteiger partial charge in [0.15, 0.2) is 0 Å². The zero-order valence-electron chi connectivity index (χ0n) is 8.91. The zero-order chi connectivity index (χ0) is 12.1. The quantitative estimate of drug-likeness (QED) is 0.847. The van der Waals surface area contributed by atoms with E-state index in [0.717, 1.165) is 0 Å². The van der Waals surface area contributed by atoms with Crippen LogP contribution in [0.5, 0.6) is 5.75 Å². The lowest BCUT2D eigenvalue weighted by Gasteiger charge is -2.19. The molecule has 0 heterocycles. The summed E-state index contributed by atoms with van der Waals surface area (Å²) >= 11 is 11.3. The fourth-order valence-corrected chi connectivity index (χ4v) is 1.71. The molecule has 5 heteroatoms. The molecule has 0 atom stereocenters. The van der Waals surface area contributed by atoms with Crippen LogP contribution in [-0.4, -0.2) is 34.9 Å². The van der Waals surface area contributed by atoms with Crippen LogP contribution in [0.1, 0.15) is 17.3 Å². The third-order valence-corrected chi connectivity index (χ3v) is 2.69.